The summed E-state index contributed by atoms with van der Waals surface area (Å²) in [6.45, 7) is 8.36. The molecule has 5 nitrogen and oxygen atoms in total. The lowest BCUT2D eigenvalue weighted by molar-refractivity contribution is 0.247. The molecular weight excluding hydrogens is 286 g/mol. The highest BCUT2D eigenvalue weighted by atomic mass is 32.2. The Bertz CT molecular complexity index is 401. The van der Waals surface area contributed by atoms with Crippen molar-refractivity contribution < 1.29 is 8.42 Å². The van der Waals surface area contributed by atoms with Crippen molar-refractivity contribution in [2.45, 2.75) is 58.4 Å². The lowest BCUT2D eigenvalue weighted by Crippen LogP contribution is -2.49. The van der Waals surface area contributed by atoms with Crippen LogP contribution in [0.2, 0.25) is 0 Å². The Balaban J connectivity index is 1.85. The van der Waals surface area contributed by atoms with E-state index in [1.54, 1.807) is 8.61 Å². The van der Waals surface area contributed by atoms with E-state index in [0.29, 0.717) is 25.6 Å². The third-order valence-electron chi connectivity index (χ3n) is 4.45. The van der Waals surface area contributed by atoms with Gasteiger partial charge in [-0.05, 0) is 57.5 Å². The first-order chi connectivity index (χ1) is 10.1. The largest absolute Gasteiger partial charge is 0.316 e. The Hall–Kier alpha value is -0.170. The molecule has 124 valence electrons. The minimum absolute atomic E-state index is 0.277. The minimum Gasteiger partial charge on any atom is -0.316 e. The van der Waals surface area contributed by atoms with Crippen molar-refractivity contribution in [2.24, 2.45) is 5.92 Å². The second-order valence-corrected chi connectivity index (χ2v) is 8.28. The van der Waals surface area contributed by atoms with Crippen molar-refractivity contribution >= 4 is 10.2 Å². The quantitative estimate of drug-likeness (QED) is 0.660. The summed E-state index contributed by atoms with van der Waals surface area (Å²) in [5.74, 6) is 0.628. The maximum atomic E-state index is 12.8. The van der Waals surface area contributed by atoms with Crippen molar-refractivity contribution in [1.29, 1.82) is 0 Å². The van der Waals surface area contributed by atoms with Crippen molar-refractivity contribution in [1.82, 2.24) is 13.9 Å². The molecule has 21 heavy (non-hydrogen) atoms. The molecule has 0 aromatic heterocycles. The van der Waals surface area contributed by atoms with Crippen LogP contribution in [0.5, 0.6) is 0 Å². The number of hydrogen-bond donors (Lipinski definition) is 1. The molecule has 0 unspecified atom stereocenters. The molecule has 6 heteroatoms. The molecule has 1 aliphatic carbocycles. The van der Waals surface area contributed by atoms with Crippen LogP contribution in [0.1, 0.15) is 52.4 Å². The molecule has 1 saturated heterocycles. The predicted octanol–water partition coefficient (Wildman–Crippen LogP) is 1.82. The van der Waals surface area contributed by atoms with Gasteiger partial charge in [-0.15, -0.1) is 0 Å². The van der Waals surface area contributed by atoms with E-state index in [-0.39, 0.29) is 6.04 Å². The molecule has 0 aromatic rings. The Morgan fingerprint density at radius 1 is 1.10 bits per heavy atom. The average molecular weight is 317 g/mol. The summed E-state index contributed by atoms with van der Waals surface area (Å²) in [6, 6.07) is 0.277. The number of piperidine rings is 1. The van der Waals surface area contributed by atoms with Gasteiger partial charge in [-0.2, -0.15) is 17.0 Å². The monoisotopic (exact) mass is 317 g/mol. The predicted molar refractivity (Wildman–Crippen MR) is 86.4 cm³/mol. The second kappa shape index (κ2) is 7.90. The average Bonchev–Trinajstić information content (AvgIpc) is 3.30. The molecule has 1 N–H and O–H groups in total. The van der Waals surface area contributed by atoms with Crippen molar-refractivity contribution in [2.75, 3.05) is 32.7 Å². The van der Waals surface area contributed by atoms with E-state index in [4.69, 9.17) is 0 Å². The summed E-state index contributed by atoms with van der Waals surface area (Å²) >= 11 is 0. The lowest BCUT2D eigenvalue weighted by atomic mass is 9.98. The van der Waals surface area contributed by atoms with Crippen LogP contribution < -0.4 is 5.32 Å². The Labute approximate surface area is 130 Å². The summed E-state index contributed by atoms with van der Waals surface area (Å²) < 4.78 is 29.0. The van der Waals surface area contributed by atoms with Gasteiger partial charge >= 0.3 is 0 Å². The summed E-state index contributed by atoms with van der Waals surface area (Å²) in [6.07, 6.45) is 6.10. The molecule has 0 aromatic carbocycles. The molecule has 0 spiro atoms. The third kappa shape index (κ3) is 4.65. The molecule has 1 heterocycles. The molecule has 0 radical (unpaired) electrons. The van der Waals surface area contributed by atoms with Crippen LogP contribution in [-0.4, -0.2) is 55.8 Å². The van der Waals surface area contributed by atoms with Gasteiger partial charge < -0.3 is 5.32 Å². The van der Waals surface area contributed by atoms with Crippen LogP contribution >= 0.6 is 0 Å². The van der Waals surface area contributed by atoms with Crippen LogP contribution in [0.15, 0.2) is 0 Å². The van der Waals surface area contributed by atoms with Gasteiger partial charge in [-0.25, -0.2) is 0 Å². The topological polar surface area (TPSA) is 52.7 Å². The Morgan fingerprint density at radius 3 is 2.29 bits per heavy atom. The molecule has 2 rings (SSSR count). The van der Waals surface area contributed by atoms with Crippen LogP contribution in [0.25, 0.3) is 0 Å². The van der Waals surface area contributed by atoms with E-state index in [9.17, 15) is 8.42 Å². The number of hydrogen-bond acceptors (Lipinski definition) is 3. The maximum absolute atomic E-state index is 12.8. The standard InChI is InChI=1S/C15H31N3O2S/c1-3-9-16-13-14-7-11-17(12-8-14)21(19,20)18(10-4-2)15-5-6-15/h14-16H,3-13H2,1-2H3. The summed E-state index contributed by atoms with van der Waals surface area (Å²) in [7, 11) is -3.23. The highest BCUT2D eigenvalue weighted by Crippen LogP contribution is 2.32. The van der Waals surface area contributed by atoms with E-state index >= 15 is 0 Å². The Morgan fingerprint density at radius 2 is 1.76 bits per heavy atom. The summed E-state index contributed by atoms with van der Waals surface area (Å²) in [5, 5.41) is 3.45. The first-order valence-electron chi connectivity index (χ1n) is 8.57. The molecular formula is C15H31N3O2S. The van der Waals surface area contributed by atoms with Crippen molar-refractivity contribution in [3.8, 4) is 0 Å². The zero-order valence-corrected chi connectivity index (χ0v) is 14.4. The number of nitrogens with zero attached hydrogens (tertiary/aromatic N) is 2. The molecule has 2 aliphatic rings. The fraction of sp³-hybridized carbons (Fsp3) is 1.00. The fourth-order valence-electron chi connectivity index (χ4n) is 3.04. The van der Waals surface area contributed by atoms with Crippen LogP contribution in [0, 0.1) is 5.92 Å². The van der Waals surface area contributed by atoms with E-state index in [0.717, 1.165) is 51.6 Å². The Kier molecular flexibility index (Phi) is 6.47. The van der Waals surface area contributed by atoms with E-state index < -0.39 is 10.2 Å². The second-order valence-electron chi connectivity index (χ2n) is 6.40. The van der Waals surface area contributed by atoms with Gasteiger partial charge in [0.05, 0.1) is 0 Å². The highest BCUT2D eigenvalue weighted by molar-refractivity contribution is 7.86. The van der Waals surface area contributed by atoms with Crippen LogP contribution in [0.4, 0.5) is 0 Å². The third-order valence-corrected chi connectivity index (χ3v) is 6.55. The molecule has 1 aliphatic heterocycles. The minimum atomic E-state index is -3.23. The van der Waals surface area contributed by atoms with Crippen molar-refractivity contribution in [3.05, 3.63) is 0 Å². The van der Waals surface area contributed by atoms with Gasteiger partial charge in [0.15, 0.2) is 0 Å². The van der Waals surface area contributed by atoms with Crippen LogP contribution in [-0.2, 0) is 10.2 Å². The van der Waals surface area contributed by atoms with Gasteiger partial charge in [0.2, 0.25) is 0 Å². The van der Waals surface area contributed by atoms with Crippen LogP contribution in [0.3, 0.4) is 0 Å². The normalized spacial score (nSPS) is 22.0. The van der Waals surface area contributed by atoms with Gasteiger partial charge in [0.1, 0.15) is 0 Å². The van der Waals surface area contributed by atoms with Gasteiger partial charge in [0, 0.05) is 25.7 Å². The zero-order valence-electron chi connectivity index (χ0n) is 13.6. The molecule has 2 fully saturated rings. The molecule has 0 amide bonds. The van der Waals surface area contributed by atoms with Gasteiger partial charge in [-0.1, -0.05) is 13.8 Å². The zero-order chi connectivity index (χ0) is 15.3. The van der Waals surface area contributed by atoms with E-state index in [1.807, 2.05) is 0 Å². The number of nitrogens with one attached hydrogen (secondary N) is 1. The first-order valence-corrected chi connectivity index (χ1v) is 9.96. The smallest absolute Gasteiger partial charge is 0.282 e. The first kappa shape index (κ1) is 17.2. The van der Waals surface area contributed by atoms with Gasteiger partial charge in [-0.3, -0.25) is 0 Å². The van der Waals surface area contributed by atoms with Gasteiger partial charge in [0.25, 0.3) is 10.2 Å². The van der Waals surface area contributed by atoms with E-state index in [2.05, 4.69) is 19.2 Å². The lowest BCUT2D eigenvalue weighted by Gasteiger charge is -2.35. The fourth-order valence-corrected chi connectivity index (χ4v) is 5.01. The molecule has 0 atom stereocenters. The van der Waals surface area contributed by atoms with E-state index in [1.165, 1.54) is 0 Å². The summed E-state index contributed by atoms with van der Waals surface area (Å²) in [4.78, 5) is 0. The molecule has 1 saturated carbocycles. The SMILES string of the molecule is CCCNCC1CCN(S(=O)(=O)N(CCC)C2CC2)CC1. The summed E-state index contributed by atoms with van der Waals surface area (Å²) in [5.41, 5.74) is 0. The highest BCUT2D eigenvalue weighted by Gasteiger charge is 2.40. The maximum Gasteiger partial charge on any atom is 0.282 e. The van der Waals surface area contributed by atoms with Crippen molar-refractivity contribution in [3.63, 3.8) is 0 Å². The molecule has 0 bridgehead atoms. The number of rotatable bonds is 9.